The highest BCUT2D eigenvalue weighted by molar-refractivity contribution is 6.00. The Morgan fingerprint density at radius 3 is 2.42 bits per heavy atom. The van der Waals surface area contributed by atoms with E-state index in [1.165, 1.54) is 12.1 Å². The van der Waals surface area contributed by atoms with Crippen LogP contribution in [0.4, 0.5) is 10.1 Å². The van der Waals surface area contributed by atoms with Crippen LogP contribution in [0, 0.1) is 5.82 Å². The second-order valence-corrected chi connectivity index (χ2v) is 3.76. The maximum atomic E-state index is 13.3. The van der Waals surface area contributed by atoms with Crippen molar-refractivity contribution in [2.75, 3.05) is 5.32 Å². The van der Waals surface area contributed by atoms with Gasteiger partial charge in [0.05, 0.1) is 5.69 Å². The Labute approximate surface area is 107 Å². The van der Waals surface area contributed by atoms with Crippen molar-refractivity contribution in [1.82, 2.24) is 0 Å². The summed E-state index contributed by atoms with van der Waals surface area (Å²) in [5, 5.41) is 19.5. The van der Waals surface area contributed by atoms with Crippen molar-refractivity contribution >= 4 is 23.5 Å². The summed E-state index contributed by atoms with van der Waals surface area (Å²) in [6.45, 7) is 0. The highest BCUT2D eigenvalue weighted by atomic mass is 19.1. The SMILES string of the molecule is O=C(O)CCCC(=O)Nc1cccc(F)c1C(=O)O. The standard InChI is InChI=1S/C12H12FNO5/c13-7-3-1-4-8(11(7)12(18)19)14-9(15)5-2-6-10(16)17/h1,3-4H,2,5-6H2,(H,14,15)(H,16,17)(H,18,19). The molecular formula is C12H12FNO5. The van der Waals surface area contributed by atoms with Gasteiger partial charge >= 0.3 is 11.9 Å². The first-order valence-corrected chi connectivity index (χ1v) is 5.45. The number of carbonyl (C=O) groups is 3. The van der Waals surface area contributed by atoms with Crippen molar-refractivity contribution in [1.29, 1.82) is 0 Å². The van der Waals surface area contributed by atoms with Gasteiger partial charge in [-0.2, -0.15) is 0 Å². The number of carboxylic acids is 2. The molecule has 3 N–H and O–H groups in total. The van der Waals surface area contributed by atoms with Crippen LogP contribution in [0.3, 0.4) is 0 Å². The molecule has 1 rings (SSSR count). The summed E-state index contributed by atoms with van der Waals surface area (Å²) < 4.78 is 13.3. The van der Waals surface area contributed by atoms with E-state index in [1.807, 2.05) is 0 Å². The lowest BCUT2D eigenvalue weighted by atomic mass is 10.1. The molecular weight excluding hydrogens is 257 g/mol. The molecule has 0 aromatic heterocycles. The van der Waals surface area contributed by atoms with E-state index in [0.717, 1.165) is 6.07 Å². The Balaban J connectivity index is 2.72. The van der Waals surface area contributed by atoms with Crippen LogP contribution in [0.25, 0.3) is 0 Å². The van der Waals surface area contributed by atoms with E-state index in [1.54, 1.807) is 0 Å². The van der Waals surface area contributed by atoms with Gasteiger partial charge in [0.1, 0.15) is 11.4 Å². The van der Waals surface area contributed by atoms with Gasteiger partial charge in [-0.1, -0.05) is 6.07 Å². The molecule has 0 bridgehead atoms. The van der Waals surface area contributed by atoms with E-state index >= 15 is 0 Å². The van der Waals surface area contributed by atoms with Crippen molar-refractivity contribution in [3.8, 4) is 0 Å². The minimum atomic E-state index is -1.49. The Bertz CT molecular complexity index is 515. The van der Waals surface area contributed by atoms with Gasteiger partial charge in [0.15, 0.2) is 0 Å². The minimum Gasteiger partial charge on any atom is -0.481 e. The summed E-state index contributed by atoms with van der Waals surface area (Å²) in [5.74, 6) is -4.02. The van der Waals surface area contributed by atoms with Crippen LogP contribution in [0.5, 0.6) is 0 Å². The number of hydrogen-bond acceptors (Lipinski definition) is 3. The molecule has 0 unspecified atom stereocenters. The van der Waals surface area contributed by atoms with Crippen LogP contribution >= 0.6 is 0 Å². The van der Waals surface area contributed by atoms with Crippen molar-refractivity contribution in [3.63, 3.8) is 0 Å². The molecule has 6 nitrogen and oxygen atoms in total. The first-order chi connectivity index (χ1) is 8.91. The number of carboxylic acid groups (broad SMARTS) is 2. The number of hydrogen-bond donors (Lipinski definition) is 3. The van der Waals surface area contributed by atoms with Crippen LogP contribution in [-0.4, -0.2) is 28.1 Å². The molecule has 0 aliphatic heterocycles. The average Bonchev–Trinajstić information content (AvgIpc) is 2.27. The lowest BCUT2D eigenvalue weighted by Gasteiger charge is -2.08. The number of rotatable bonds is 6. The first kappa shape index (κ1) is 14.6. The second-order valence-electron chi connectivity index (χ2n) is 3.76. The second kappa shape index (κ2) is 6.48. The summed E-state index contributed by atoms with van der Waals surface area (Å²) in [7, 11) is 0. The Morgan fingerprint density at radius 1 is 1.16 bits per heavy atom. The van der Waals surface area contributed by atoms with Gasteiger partial charge in [-0.25, -0.2) is 9.18 Å². The predicted octanol–water partition coefficient (Wildman–Crippen LogP) is 1.72. The van der Waals surface area contributed by atoms with E-state index < -0.39 is 29.2 Å². The zero-order valence-corrected chi connectivity index (χ0v) is 9.85. The first-order valence-electron chi connectivity index (χ1n) is 5.45. The molecule has 0 radical (unpaired) electrons. The molecule has 0 heterocycles. The third-order valence-electron chi connectivity index (χ3n) is 2.30. The number of nitrogens with one attached hydrogen (secondary N) is 1. The van der Waals surface area contributed by atoms with E-state index in [0.29, 0.717) is 0 Å². The summed E-state index contributed by atoms with van der Waals surface area (Å²) in [6, 6.07) is 3.51. The Morgan fingerprint density at radius 2 is 1.84 bits per heavy atom. The molecule has 19 heavy (non-hydrogen) atoms. The fourth-order valence-corrected chi connectivity index (χ4v) is 1.46. The van der Waals surface area contributed by atoms with Gasteiger partial charge in [-0.3, -0.25) is 9.59 Å². The molecule has 0 spiro atoms. The van der Waals surface area contributed by atoms with Crippen LogP contribution in [-0.2, 0) is 9.59 Å². The topological polar surface area (TPSA) is 104 Å². The van der Waals surface area contributed by atoms with E-state index in [4.69, 9.17) is 10.2 Å². The van der Waals surface area contributed by atoms with E-state index in [2.05, 4.69) is 5.32 Å². The number of aromatic carboxylic acids is 1. The molecule has 0 aliphatic rings. The van der Waals surface area contributed by atoms with E-state index in [9.17, 15) is 18.8 Å². The number of amides is 1. The fraction of sp³-hybridized carbons (Fsp3) is 0.250. The minimum absolute atomic E-state index is 0.0815. The van der Waals surface area contributed by atoms with Crippen molar-refractivity contribution < 1.29 is 29.0 Å². The number of halogens is 1. The zero-order valence-electron chi connectivity index (χ0n) is 9.85. The van der Waals surface area contributed by atoms with Gasteiger partial charge in [0.25, 0.3) is 0 Å². The normalized spacial score (nSPS) is 9.95. The smallest absolute Gasteiger partial charge is 0.340 e. The number of aliphatic carboxylic acids is 1. The Kier molecular flexibility index (Phi) is 4.99. The van der Waals surface area contributed by atoms with Gasteiger partial charge in [0.2, 0.25) is 5.91 Å². The van der Waals surface area contributed by atoms with Crippen molar-refractivity contribution in [2.45, 2.75) is 19.3 Å². The monoisotopic (exact) mass is 269 g/mol. The Hall–Kier alpha value is -2.44. The summed E-state index contributed by atoms with van der Waals surface area (Å²) in [4.78, 5) is 32.6. The van der Waals surface area contributed by atoms with Crippen LogP contribution in [0.15, 0.2) is 18.2 Å². The lowest BCUT2D eigenvalue weighted by Crippen LogP contribution is -2.15. The van der Waals surface area contributed by atoms with E-state index in [-0.39, 0.29) is 24.9 Å². The zero-order chi connectivity index (χ0) is 14.4. The maximum Gasteiger partial charge on any atom is 0.340 e. The highest BCUT2D eigenvalue weighted by Crippen LogP contribution is 2.19. The third-order valence-corrected chi connectivity index (χ3v) is 2.30. The highest BCUT2D eigenvalue weighted by Gasteiger charge is 2.17. The molecule has 0 fully saturated rings. The number of benzene rings is 1. The molecule has 1 aromatic carbocycles. The van der Waals surface area contributed by atoms with Gasteiger partial charge in [-0.05, 0) is 18.6 Å². The molecule has 1 amide bonds. The summed E-state index contributed by atoms with van der Waals surface area (Å²) in [6.07, 6.45) is -0.122. The van der Waals surface area contributed by atoms with Crippen molar-refractivity contribution in [3.05, 3.63) is 29.6 Å². The molecule has 7 heteroatoms. The molecule has 102 valence electrons. The number of anilines is 1. The van der Waals surface area contributed by atoms with Crippen LogP contribution in [0.2, 0.25) is 0 Å². The lowest BCUT2D eigenvalue weighted by molar-refractivity contribution is -0.137. The largest absolute Gasteiger partial charge is 0.481 e. The van der Waals surface area contributed by atoms with Gasteiger partial charge in [0, 0.05) is 12.8 Å². The van der Waals surface area contributed by atoms with Crippen LogP contribution < -0.4 is 5.32 Å². The average molecular weight is 269 g/mol. The predicted molar refractivity (Wildman–Crippen MR) is 63.5 cm³/mol. The van der Waals surface area contributed by atoms with Gasteiger partial charge < -0.3 is 15.5 Å². The van der Waals surface area contributed by atoms with Gasteiger partial charge in [-0.15, -0.1) is 0 Å². The summed E-state index contributed by atoms with van der Waals surface area (Å²) >= 11 is 0. The van der Waals surface area contributed by atoms with Crippen molar-refractivity contribution in [2.24, 2.45) is 0 Å². The number of carbonyl (C=O) groups excluding carboxylic acids is 1. The maximum absolute atomic E-state index is 13.3. The third kappa shape index (κ3) is 4.38. The molecule has 0 saturated carbocycles. The molecule has 0 saturated heterocycles. The van der Waals surface area contributed by atoms with Crippen LogP contribution in [0.1, 0.15) is 29.6 Å². The molecule has 0 aliphatic carbocycles. The summed E-state index contributed by atoms with van der Waals surface area (Å²) in [5.41, 5.74) is -0.762. The fourth-order valence-electron chi connectivity index (χ4n) is 1.46. The molecule has 1 aromatic rings. The quantitative estimate of drug-likeness (QED) is 0.729. The molecule has 0 atom stereocenters.